The molecule has 0 radical (unpaired) electrons. The van der Waals surface area contributed by atoms with E-state index in [4.69, 9.17) is 9.47 Å². The summed E-state index contributed by atoms with van der Waals surface area (Å²) in [7, 11) is 0. The first-order chi connectivity index (χ1) is 15.9. The smallest absolute Gasteiger partial charge is 0.309 e. The first kappa shape index (κ1) is 23.6. The molecule has 5 fully saturated rings. The molecule has 0 aromatic heterocycles. The molecular formula is C26H43N3O4. The highest BCUT2D eigenvalue weighted by Crippen LogP contribution is 2.50. The van der Waals surface area contributed by atoms with Crippen LogP contribution >= 0.6 is 0 Å². The standard InChI is InChI=1S/C26H43N3O4/c1-16-15-32-24-18(3)25-21(14-20(16)24)17(2)19(26(31)33-25)7-8-23(30)29-12-10-28(11-13-29)22-6-4-5-9-27-22/h16-22,24-25,27H,4-15H2,1-3H3. The van der Waals surface area contributed by atoms with Gasteiger partial charge in [0.25, 0.3) is 0 Å². The van der Waals surface area contributed by atoms with Gasteiger partial charge in [0.15, 0.2) is 0 Å². The highest BCUT2D eigenvalue weighted by Gasteiger charge is 2.55. The van der Waals surface area contributed by atoms with Gasteiger partial charge in [-0.25, -0.2) is 0 Å². The topological polar surface area (TPSA) is 71.1 Å². The Morgan fingerprint density at radius 2 is 1.82 bits per heavy atom. The molecule has 9 atom stereocenters. The number of hydrogen-bond acceptors (Lipinski definition) is 6. The van der Waals surface area contributed by atoms with Crippen molar-refractivity contribution < 1.29 is 19.1 Å². The predicted molar refractivity (Wildman–Crippen MR) is 125 cm³/mol. The molecule has 0 aromatic carbocycles. The van der Waals surface area contributed by atoms with Gasteiger partial charge in [-0.2, -0.15) is 0 Å². The highest BCUT2D eigenvalue weighted by atomic mass is 16.6. The van der Waals surface area contributed by atoms with Gasteiger partial charge in [-0.1, -0.05) is 20.8 Å². The molecule has 4 saturated heterocycles. The van der Waals surface area contributed by atoms with E-state index in [0.717, 1.165) is 45.8 Å². The molecule has 5 aliphatic rings. The third-order valence-electron chi connectivity index (χ3n) is 9.63. The summed E-state index contributed by atoms with van der Waals surface area (Å²) >= 11 is 0. The van der Waals surface area contributed by atoms with Crippen LogP contribution < -0.4 is 5.32 Å². The van der Waals surface area contributed by atoms with Gasteiger partial charge in [0.2, 0.25) is 5.91 Å². The second-order valence-corrected chi connectivity index (χ2v) is 11.5. The largest absolute Gasteiger partial charge is 0.461 e. The lowest BCUT2D eigenvalue weighted by molar-refractivity contribution is -0.192. The molecule has 4 heterocycles. The van der Waals surface area contributed by atoms with Gasteiger partial charge in [0, 0.05) is 51.0 Å². The van der Waals surface area contributed by atoms with Crippen molar-refractivity contribution >= 4 is 11.9 Å². The van der Waals surface area contributed by atoms with Crippen LogP contribution in [0.5, 0.6) is 0 Å². The number of hydrogen-bond donors (Lipinski definition) is 1. The third kappa shape index (κ3) is 4.57. The quantitative estimate of drug-likeness (QED) is 0.649. The Morgan fingerprint density at radius 1 is 1.03 bits per heavy atom. The van der Waals surface area contributed by atoms with E-state index in [1.165, 1.54) is 19.3 Å². The zero-order valence-electron chi connectivity index (χ0n) is 20.7. The minimum atomic E-state index is -0.163. The Kier molecular flexibility index (Phi) is 7.01. The van der Waals surface area contributed by atoms with Crippen LogP contribution in [0.3, 0.4) is 0 Å². The van der Waals surface area contributed by atoms with Crippen LogP contribution in [0.4, 0.5) is 0 Å². The molecule has 7 nitrogen and oxygen atoms in total. The van der Waals surface area contributed by atoms with E-state index in [-0.39, 0.29) is 41.8 Å². The van der Waals surface area contributed by atoms with Gasteiger partial charge >= 0.3 is 5.97 Å². The lowest BCUT2D eigenvalue weighted by atomic mass is 9.62. The number of piperidine rings is 1. The molecule has 0 spiro atoms. The molecule has 0 aromatic rings. The number of nitrogens with zero attached hydrogens (tertiary/aromatic N) is 2. The molecule has 1 aliphatic carbocycles. The summed E-state index contributed by atoms with van der Waals surface area (Å²) in [5.41, 5.74) is 0. The lowest BCUT2D eigenvalue weighted by Crippen LogP contribution is -2.57. The number of esters is 1. The fraction of sp³-hybridized carbons (Fsp3) is 0.923. The van der Waals surface area contributed by atoms with Crippen LogP contribution in [0.1, 0.15) is 59.3 Å². The maximum Gasteiger partial charge on any atom is 0.309 e. The molecule has 0 bridgehead atoms. The van der Waals surface area contributed by atoms with E-state index in [2.05, 4.69) is 31.0 Å². The van der Waals surface area contributed by atoms with Crippen molar-refractivity contribution in [3.63, 3.8) is 0 Å². The summed E-state index contributed by atoms with van der Waals surface area (Å²) in [6.45, 7) is 12.1. The fourth-order valence-corrected chi connectivity index (χ4v) is 7.46. The summed E-state index contributed by atoms with van der Waals surface area (Å²) in [6, 6.07) is 0. The van der Waals surface area contributed by atoms with Crippen molar-refractivity contribution in [2.24, 2.45) is 35.5 Å². The van der Waals surface area contributed by atoms with Gasteiger partial charge in [0.05, 0.1) is 18.2 Å². The van der Waals surface area contributed by atoms with E-state index in [9.17, 15) is 9.59 Å². The molecule has 7 heteroatoms. The van der Waals surface area contributed by atoms with Gasteiger partial charge in [-0.3, -0.25) is 14.5 Å². The SMILES string of the molecule is CC1COC2C(C)C3OC(=O)C(CCC(=O)N4CCN(C5CCCCN5)CC4)C(C)C3CC12. The summed E-state index contributed by atoms with van der Waals surface area (Å²) in [4.78, 5) is 30.5. The Morgan fingerprint density at radius 3 is 2.55 bits per heavy atom. The van der Waals surface area contributed by atoms with Gasteiger partial charge < -0.3 is 19.7 Å². The molecular weight excluding hydrogens is 418 g/mol. The van der Waals surface area contributed by atoms with Crippen molar-refractivity contribution in [1.29, 1.82) is 0 Å². The van der Waals surface area contributed by atoms with Crippen LogP contribution in [-0.2, 0) is 19.1 Å². The third-order valence-corrected chi connectivity index (χ3v) is 9.63. The zero-order valence-corrected chi connectivity index (χ0v) is 20.7. The second-order valence-electron chi connectivity index (χ2n) is 11.5. The molecule has 9 unspecified atom stereocenters. The van der Waals surface area contributed by atoms with E-state index >= 15 is 0 Å². The molecule has 1 saturated carbocycles. The predicted octanol–water partition coefficient (Wildman–Crippen LogP) is 2.50. The summed E-state index contributed by atoms with van der Waals surface area (Å²) in [6.07, 6.45) is 6.58. The zero-order chi connectivity index (χ0) is 23.1. The van der Waals surface area contributed by atoms with Crippen molar-refractivity contribution in [1.82, 2.24) is 15.1 Å². The fourth-order valence-electron chi connectivity index (χ4n) is 7.46. The van der Waals surface area contributed by atoms with Gasteiger partial charge in [-0.05, 0) is 56.4 Å². The minimum absolute atomic E-state index is 0.0347. The van der Waals surface area contributed by atoms with E-state index < -0.39 is 0 Å². The van der Waals surface area contributed by atoms with Crippen molar-refractivity contribution in [2.45, 2.75) is 77.7 Å². The van der Waals surface area contributed by atoms with Gasteiger partial charge in [0.1, 0.15) is 6.10 Å². The monoisotopic (exact) mass is 461 g/mol. The van der Waals surface area contributed by atoms with Crippen molar-refractivity contribution in [3.05, 3.63) is 0 Å². The Hall–Kier alpha value is -1.18. The Bertz CT molecular complexity index is 718. The average Bonchev–Trinajstić information content (AvgIpc) is 3.21. The van der Waals surface area contributed by atoms with Crippen molar-refractivity contribution in [3.8, 4) is 0 Å². The van der Waals surface area contributed by atoms with Crippen LogP contribution in [0.25, 0.3) is 0 Å². The second kappa shape index (κ2) is 9.82. The maximum absolute atomic E-state index is 13.0. The van der Waals surface area contributed by atoms with Crippen molar-refractivity contribution in [2.75, 3.05) is 39.3 Å². The number of fused-ring (bicyclic) bond motifs is 2. The molecule has 33 heavy (non-hydrogen) atoms. The van der Waals surface area contributed by atoms with Crippen LogP contribution in [0, 0.1) is 35.5 Å². The summed E-state index contributed by atoms with van der Waals surface area (Å²) in [5, 5.41) is 3.62. The Labute approximate surface area is 198 Å². The number of carbonyl (C=O) groups excluding carboxylic acids is 2. The molecule has 1 N–H and O–H groups in total. The normalized spacial score (nSPS) is 44.2. The first-order valence-corrected chi connectivity index (χ1v) is 13.5. The summed E-state index contributed by atoms with van der Waals surface area (Å²) in [5.74, 6) is 1.98. The molecule has 186 valence electrons. The number of rotatable bonds is 4. The average molecular weight is 462 g/mol. The molecule has 4 aliphatic heterocycles. The maximum atomic E-state index is 13.0. The highest BCUT2D eigenvalue weighted by molar-refractivity contribution is 5.78. The minimum Gasteiger partial charge on any atom is -0.461 e. The number of piperazine rings is 1. The van der Waals surface area contributed by atoms with Crippen LogP contribution in [-0.4, -0.2) is 79.4 Å². The number of carbonyl (C=O) groups is 2. The van der Waals surface area contributed by atoms with E-state index in [1.54, 1.807) is 0 Å². The molecule has 5 rings (SSSR count). The van der Waals surface area contributed by atoms with E-state index in [0.29, 0.717) is 36.8 Å². The lowest BCUT2D eigenvalue weighted by Gasteiger charge is -2.49. The first-order valence-electron chi connectivity index (χ1n) is 13.5. The molecule has 1 amide bonds. The number of amides is 1. The number of ether oxygens (including phenoxy) is 2. The van der Waals surface area contributed by atoms with Gasteiger partial charge in [-0.15, -0.1) is 0 Å². The number of nitrogens with one attached hydrogen (secondary N) is 1. The Balaban J connectivity index is 1.13. The van der Waals surface area contributed by atoms with E-state index in [1.807, 2.05) is 4.90 Å². The van der Waals surface area contributed by atoms with Crippen LogP contribution in [0.15, 0.2) is 0 Å². The summed E-state index contributed by atoms with van der Waals surface area (Å²) < 4.78 is 12.1. The van der Waals surface area contributed by atoms with Crippen LogP contribution in [0.2, 0.25) is 0 Å².